The van der Waals surface area contributed by atoms with E-state index in [9.17, 15) is 0 Å². The summed E-state index contributed by atoms with van der Waals surface area (Å²) in [7, 11) is 0. The van der Waals surface area contributed by atoms with Gasteiger partial charge in [-0.25, -0.2) is 9.97 Å². The van der Waals surface area contributed by atoms with Crippen LogP contribution in [0.5, 0.6) is 0 Å². The van der Waals surface area contributed by atoms with Gasteiger partial charge in [0.05, 0.1) is 13.2 Å². The zero-order valence-electron chi connectivity index (χ0n) is 11.5. The van der Waals surface area contributed by atoms with Gasteiger partial charge < -0.3 is 9.64 Å². The van der Waals surface area contributed by atoms with Crippen LogP contribution in [-0.2, 0) is 4.74 Å². The Morgan fingerprint density at radius 3 is 2.86 bits per heavy atom. The Morgan fingerprint density at radius 2 is 1.95 bits per heavy atom. The number of rotatable bonds is 3. The molecule has 3 aromatic rings. The van der Waals surface area contributed by atoms with Crippen molar-refractivity contribution in [3.05, 3.63) is 24.5 Å². The smallest absolute Gasteiger partial charge is 0.209 e. The van der Waals surface area contributed by atoms with Crippen molar-refractivity contribution in [2.75, 3.05) is 31.2 Å². The highest BCUT2D eigenvalue weighted by Crippen LogP contribution is 2.32. The van der Waals surface area contributed by atoms with Gasteiger partial charge in [-0.1, -0.05) is 11.3 Å². The molecule has 0 aliphatic carbocycles. The lowest BCUT2D eigenvalue weighted by Crippen LogP contribution is -2.36. The maximum Gasteiger partial charge on any atom is 0.209 e. The summed E-state index contributed by atoms with van der Waals surface area (Å²) in [5.41, 5.74) is 1.43. The fraction of sp³-hybridized carbons (Fsp3) is 0.308. The van der Waals surface area contributed by atoms with E-state index in [-0.39, 0.29) is 0 Å². The van der Waals surface area contributed by atoms with Crippen molar-refractivity contribution in [3.63, 3.8) is 0 Å². The molecule has 112 valence electrons. The number of pyridine rings is 1. The van der Waals surface area contributed by atoms with Crippen molar-refractivity contribution in [1.29, 1.82) is 0 Å². The second-order valence-electron chi connectivity index (χ2n) is 4.60. The molecule has 0 bridgehead atoms. The molecule has 3 aromatic heterocycles. The Morgan fingerprint density at radius 1 is 1.09 bits per heavy atom. The number of anilines is 1. The van der Waals surface area contributed by atoms with Gasteiger partial charge in [-0.05, 0) is 23.9 Å². The topological polar surface area (TPSA) is 76.9 Å². The molecular weight excluding hydrogens is 320 g/mol. The first-order valence-corrected chi connectivity index (χ1v) is 8.43. The Kier molecular flexibility index (Phi) is 3.83. The Bertz CT molecular complexity index is 789. The molecule has 22 heavy (non-hydrogen) atoms. The van der Waals surface area contributed by atoms with Crippen LogP contribution < -0.4 is 4.90 Å². The summed E-state index contributed by atoms with van der Waals surface area (Å²) in [4.78, 5) is 15.1. The molecule has 9 heteroatoms. The first kappa shape index (κ1) is 13.8. The summed E-state index contributed by atoms with van der Waals surface area (Å²) < 4.78 is 6.22. The molecule has 1 saturated heterocycles. The summed E-state index contributed by atoms with van der Waals surface area (Å²) in [5.74, 6) is 0. The minimum Gasteiger partial charge on any atom is -0.378 e. The van der Waals surface area contributed by atoms with Crippen LogP contribution in [0.2, 0.25) is 0 Å². The quantitative estimate of drug-likeness (QED) is 0.719. The third-order valence-electron chi connectivity index (χ3n) is 3.18. The SMILES string of the molecule is c1cnc2nc(Sc3nnc(N4CCOCC4)s3)ccc2n1. The van der Waals surface area contributed by atoms with Crippen molar-refractivity contribution >= 4 is 39.4 Å². The second kappa shape index (κ2) is 6.11. The molecule has 0 radical (unpaired) electrons. The van der Waals surface area contributed by atoms with Gasteiger partial charge in [0.25, 0.3) is 0 Å². The molecule has 0 N–H and O–H groups in total. The van der Waals surface area contributed by atoms with Gasteiger partial charge in [0.2, 0.25) is 5.13 Å². The predicted molar refractivity (Wildman–Crippen MR) is 84.4 cm³/mol. The summed E-state index contributed by atoms with van der Waals surface area (Å²) >= 11 is 3.07. The summed E-state index contributed by atoms with van der Waals surface area (Å²) in [5, 5.41) is 10.3. The molecule has 0 atom stereocenters. The maximum absolute atomic E-state index is 5.35. The van der Waals surface area contributed by atoms with Crippen LogP contribution in [0.25, 0.3) is 11.2 Å². The number of hydrogen-bond donors (Lipinski definition) is 0. The molecule has 7 nitrogen and oxygen atoms in total. The van der Waals surface area contributed by atoms with E-state index < -0.39 is 0 Å². The summed E-state index contributed by atoms with van der Waals surface area (Å²) in [6, 6.07) is 3.85. The van der Waals surface area contributed by atoms with Crippen LogP contribution in [0, 0.1) is 0 Å². The number of ether oxygens (including phenoxy) is 1. The molecule has 0 aromatic carbocycles. The standard InChI is InChI=1S/C13H12N6OS2/c1-2-10(16-11-9(1)14-3-4-15-11)21-13-18-17-12(22-13)19-5-7-20-8-6-19/h1-4H,5-8H2. The number of nitrogens with zero attached hydrogens (tertiary/aromatic N) is 6. The number of fused-ring (bicyclic) bond motifs is 1. The fourth-order valence-corrected chi connectivity index (χ4v) is 3.92. The van der Waals surface area contributed by atoms with Gasteiger partial charge >= 0.3 is 0 Å². The van der Waals surface area contributed by atoms with Gasteiger partial charge in [-0.3, -0.25) is 4.98 Å². The lowest BCUT2D eigenvalue weighted by molar-refractivity contribution is 0.122. The molecule has 1 aliphatic rings. The van der Waals surface area contributed by atoms with E-state index in [0.29, 0.717) is 5.65 Å². The fourth-order valence-electron chi connectivity index (χ4n) is 2.11. The van der Waals surface area contributed by atoms with E-state index >= 15 is 0 Å². The average Bonchev–Trinajstić information content (AvgIpc) is 3.04. The van der Waals surface area contributed by atoms with E-state index in [1.54, 1.807) is 23.7 Å². The van der Waals surface area contributed by atoms with Crippen LogP contribution in [-0.4, -0.2) is 51.5 Å². The van der Waals surface area contributed by atoms with E-state index in [2.05, 4.69) is 30.0 Å². The average molecular weight is 332 g/mol. The highest BCUT2D eigenvalue weighted by molar-refractivity contribution is 8.01. The van der Waals surface area contributed by atoms with Gasteiger partial charge in [0.1, 0.15) is 10.5 Å². The largest absolute Gasteiger partial charge is 0.378 e. The van der Waals surface area contributed by atoms with Crippen molar-refractivity contribution in [2.24, 2.45) is 0 Å². The van der Waals surface area contributed by atoms with Gasteiger partial charge in [0.15, 0.2) is 9.99 Å². The molecule has 0 unspecified atom stereocenters. The highest BCUT2D eigenvalue weighted by Gasteiger charge is 2.16. The normalized spacial score (nSPS) is 15.4. The van der Waals surface area contributed by atoms with Crippen LogP contribution in [0.1, 0.15) is 0 Å². The van der Waals surface area contributed by atoms with Crippen molar-refractivity contribution < 1.29 is 4.74 Å². The maximum atomic E-state index is 5.35. The van der Waals surface area contributed by atoms with Gasteiger partial charge in [-0.2, -0.15) is 0 Å². The van der Waals surface area contributed by atoms with E-state index in [4.69, 9.17) is 4.74 Å². The Hall–Kier alpha value is -1.84. The van der Waals surface area contributed by atoms with Gasteiger partial charge in [0, 0.05) is 25.5 Å². The molecule has 4 heterocycles. The summed E-state index contributed by atoms with van der Waals surface area (Å²) in [6.45, 7) is 3.21. The Balaban J connectivity index is 1.53. The monoisotopic (exact) mass is 332 g/mol. The van der Waals surface area contributed by atoms with Crippen molar-refractivity contribution in [2.45, 2.75) is 9.37 Å². The van der Waals surface area contributed by atoms with Crippen molar-refractivity contribution in [3.8, 4) is 0 Å². The van der Waals surface area contributed by atoms with Crippen LogP contribution in [0.3, 0.4) is 0 Å². The van der Waals surface area contributed by atoms with E-state index in [0.717, 1.165) is 46.3 Å². The molecule has 0 amide bonds. The van der Waals surface area contributed by atoms with Gasteiger partial charge in [-0.15, -0.1) is 10.2 Å². The number of morpholine rings is 1. The minimum absolute atomic E-state index is 0.644. The first-order valence-electron chi connectivity index (χ1n) is 6.80. The molecule has 1 fully saturated rings. The predicted octanol–water partition coefficient (Wildman–Crippen LogP) is 1.86. The summed E-state index contributed by atoms with van der Waals surface area (Å²) in [6.07, 6.45) is 3.31. The van der Waals surface area contributed by atoms with E-state index in [1.165, 1.54) is 11.8 Å². The van der Waals surface area contributed by atoms with E-state index in [1.807, 2.05) is 12.1 Å². The zero-order chi connectivity index (χ0) is 14.8. The zero-order valence-corrected chi connectivity index (χ0v) is 13.2. The third kappa shape index (κ3) is 2.87. The molecule has 1 aliphatic heterocycles. The molecule has 4 rings (SSSR count). The van der Waals surface area contributed by atoms with Crippen LogP contribution >= 0.6 is 23.1 Å². The lowest BCUT2D eigenvalue weighted by Gasteiger charge is -2.25. The van der Waals surface area contributed by atoms with Crippen LogP contribution in [0.4, 0.5) is 5.13 Å². The second-order valence-corrected chi connectivity index (χ2v) is 6.82. The molecule has 0 saturated carbocycles. The lowest BCUT2D eigenvalue weighted by atomic mass is 10.4. The number of aromatic nitrogens is 5. The van der Waals surface area contributed by atoms with Crippen LogP contribution in [0.15, 0.2) is 33.9 Å². The Labute approximate surface area is 134 Å². The van der Waals surface area contributed by atoms with Crippen molar-refractivity contribution in [1.82, 2.24) is 25.1 Å². The molecule has 0 spiro atoms. The third-order valence-corrected chi connectivity index (χ3v) is 5.15. The minimum atomic E-state index is 0.644. The number of hydrogen-bond acceptors (Lipinski definition) is 9. The highest BCUT2D eigenvalue weighted by atomic mass is 32.2. The molecular formula is C13H12N6OS2. The first-order chi connectivity index (χ1) is 10.9.